The minimum atomic E-state index is -3.07. The Labute approximate surface area is 164 Å². The number of likely N-dealkylation sites (tertiary alicyclic amines) is 1. The molecular formula is C19H31ClN2O3S. The number of nitrogens with zero attached hydrogens (tertiary/aromatic N) is 1. The highest BCUT2D eigenvalue weighted by molar-refractivity contribution is 7.88. The molecule has 5 nitrogen and oxygen atoms in total. The fourth-order valence-electron chi connectivity index (χ4n) is 3.34. The van der Waals surface area contributed by atoms with Crippen molar-refractivity contribution < 1.29 is 13.2 Å². The largest absolute Gasteiger partial charge is 0.303 e. The zero-order valence-corrected chi connectivity index (χ0v) is 17.2. The van der Waals surface area contributed by atoms with Crippen molar-refractivity contribution in [3.8, 4) is 0 Å². The molecule has 1 heterocycles. The second kappa shape index (κ2) is 11.7. The van der Waals surface area contributed by atoms with Gasteiger partial charge >= 0.3 is 0 Å². The van der Waals surface area contributed by atoms with Crippen LogP contribution in [-0.2, 0) is 10.0 Å². The van der Waals surface area contributed by atoms with Crippen LogP contribution in [0.3, 0.4) is 0 Å². The van der Waals surface area contributed by atoms with Crippen LogP contribution in [0.1, 0.15) is 48.9 Å². The molecule has 0 unspecified atom stereocenters. The molecule has 0 aliphatic carbocycles. The SMILES string of the molecule is CS(=O)(=O)NCCC1CCN(CCCCC(=O)c2ccccc2)CC1.Cl. The van der Waals surface area contributed by atoms with Gasteiger partial charge in [-0.05, 0) is 57.7 Å². The number of rotatable bonds is 10. The molecule has 26 heavy (non-hydrogen) atoms. The standard InChI is InChI=1S/C19H30N2O3S.ClH/c1-25(23,24)20-13-10-17-11-15-21(16-12-17)14-6-5-9-19(22)18-7-3-2-4-8-18;/h2-4,7-8,17,20H,5-6,9-16H2,1H3;1H. The average molecular weight is 403 g/mol. The molecule has 148 valence electrons. The van der Waals surface area contributed by atoms with Crippen LogP contribution in [0.5, 0.6) is 0 Å². The van der Waals surface area contributed by atoms with Crippen molar-refractivity contribution in [2.75, 3.05) is 32.4 Å². The molecule has 0 spiro atoms. The van der Waals surface area contributed by atoms with Gasteiger partial charge in [0.2, 0.25) is 10.0 Å². The van der Waals surface area contributed by atoms with Crippen LogP contribution in [0.25, 0.3) is 0 Å². The minimum absolute atomic E-state index is 0. The van der Waals surface area contributed by atoms with Crippen LogP contribution in [0.15, 0.2) is 30.3 Å². The normalized spacial score (nSPS) is 16.2. The summed E-state index contributed by atoms with van der Waals surface area (Å²) in [6.45, 7) is 3.76. The summed E-state index contributed by atoms with van der Waals surface area (Å²) in [4.78, 5) is 14.5. The van der Waals surface area contributed by atoms with Crippen LogP contribution >= 0.6 is 12.4 Å². The number of carbonyl (C=O) groups excluding carboxylic acids is 1. The van der Waals surface area contributed by atoms with E-state index in [9.17, 15) is 13.2 Å². The summed E-state index contributed by atoms with van der Waals surface area (Å²) < 4.78 is 24.7. The highest BCUT2D eigenvalue weighted by atomic mass is 35.5. The van der Waals surface area contributed by atoms with Crippen molar-refractivity contribution in [2.45, 2.75) is 38.5 Å². The third kappa shape index (κ3) is 9.12. The number of nitrogens with one attached hydrogen (secondary N) is 1. The number of hydrogen-bond donors (Lipinski definition) is 1. The maximum absolute atomic E-state index is 12.0. The smallest absolute Gasteiger partial charge is 0.208 e. The third-order valence-electron chi connectivity index (χ3n) is 4.85. The first-order chi connectivity index (χ1) is 11.9. The molecule has 1 N–H and O–H groups in total. The molecule has 1 fully saturated rings. The van der Waals surface area contributed by atoms with E-state index in [4.69, 9.17) is 0 Å². The van der Waals surface area contributed by atoms with Crippen molar-refractivity contribution in [3.63, 3.8) is 0 Å². The van der Waals surface area contributed by atoms with Crippen LogP contribution < -0.4 is 4.72 Å². The number of sulfonamides is 1. The molecule has 0 atom stereocenters. The van der Waals surface area contributed by atoms with Gasteiger partial charge in [-0.3, -0.25) is 4.79 Å². The number of ketones is 1. The second-order valence-electron chi connectivity index (χ2n) is 6.99. The first-order valence-electron chi connectivity index (χ1n) is 9.19. The van der Waals surface area contributed by atoms with Crippen LogP contribution in [-0.4, -0.2) is 51.5 Å². The Bertz CT molecular complexity index is 629. The Morgan fingerprint density at radius 1 is 1.15 bits per heavy atom. The predicted octanol–water partition coefficient (Wildman–Crippen LogP) is 3.11. The Morgan fingerprint density at radius 3 is 2.42 bits per heavy atom. The molecule has 1 aliphatic rings. The quantitative estimate of drug-likeness (QED) is 0.482. The lowest BCUT2D eigenvalue weighted by Gasteiger charge is -2.32. The minimum Gasteiger partial charge on any atom is -0.303 e. The van der Waals surface area contributed by atoms with Gasteiger partial charge in [-0.2, -0.15) is 0 Å². The van der Waals surface area contributed by atoms with Crippen LogP contribution in [0.4, 0.5) is 0 Å². The van der Waals surface area contributed by atoms with Gasteiger partial charge in [-0.25, -0.2) is 13.1 Å². The van der Waals surface area contributed by atoms with Crippen molar-refractivity contribution in [3.05, 3.63) is 35.9 Å². The Kier molecular flexibility index (Phi) is 10.4. The number of hydrogen-bond acceptors (Lipinski definition) is 4. The van der Waals surface area contributed by atoms with E-state index in [1.165, 1.54) is 6.26 Å². The average Bonchev–Trinajstić information content (AvgIpc) is 2.59. The predicted molar refractivity (Wildman–Crippen MR) is 108 cm³/mol. The first kappa shape index (κ1) is 23.1. The van der Waals surface area contributed by atoms with Gasteiger partial charge in [0.1, 0.15) is 0 Å². The highest BCUT2D eigenvalue weighted by Gasteiger charge is 2.19. The lowest BCUT2D eigenvalue weighted by atomic mass is 9.93. The zero-order valence-electron chi connectivity index (χ0n) is 15.5. The fourth-order valence-corrected chi connectivity index (χ4v) is 3.83. The summed E-state index contributed by atoms with van der Waals surface area (Å²) in [6.07, 6.45) is 7.01. The summed E-state index contributed by atoms with van der Waals surface area (Å²) in [5, 5.41) is 0. The molecule has 0 aromatic heterocycles. The maximum atomic E-state index is 12.0. The van der Waals surface area contributed by atoms with Gasteiger partial charge in [-0.15, -0.1) is 12.4 Å². The number of piperidine rings is 1. The lowest BCUT2D eigenvalue weighted by molar-refractivity contribution is 0.0976. The van der Waals surface area contributed by atoms with Gasteiger partial charge < -0.3 is 4.90 Å². The molecule has 0 amide bonds. The van der Waals surface area contributed by atoms with Gasteiger partial charge in [0.05, 0.1) is 6.26 Å². The summed E-state index contributed by atoms with van der Waals surface area (Å²) in [6, 6.07) is 9.50. The van der Waals surface area contributed by atoms with E-state index in [0.29, 0.717) is 18.9 Å². The molecule has 1 aromatic rings. The number of benzene rings is 1. The molecule has 0 bridgehead atoms. The topological polar surface area (TPSA) is 66.5 Å². The number of halogens is 1. The lowest BCUT2D eigenvalue weighted by Crippen LogP contribution is -2.35. The monoisotopic (exact) mass is 402 g/mol. The number of Topliss-reactive ketones (excluding diaryl/α,β-unsaturated/α-hetero) is 1. The van der Waals surface area contributed by atoms with E-state index in [-0.39, 0.29) is 18.2 Å². The Hall–Kier alpha value is -0.950. The van der Waals surface area contributed by atoms with Crippen LogP contribution in [0.2, 0.25) is 0 Å². The molecule has 1 aromatic carbocycles. The third-order valence-corrected chi connectivity index (χ3v) is 5.58. The van der Waals surface area contributed by atoms with E-state index < -0.39 is 10.0 Å². The van der Waals surface area contributed by atoms with Gasteiger partial charge in [0.25, 0.3) is 0 Å². The molecule has 0 saturated carbocycles. The zero-order chi connectivity index (χ0) is 18.1. The highest BCUT2D eigenvalue weighted by Crippen LogP contribution is 2.20. The second-order valence-corrected chi connectivity index (χ2v) is 8.82. The van der Waals surface area contributed by atoms with Crippen LogP contribution in [0, 0.1) is 5.92 Å². The molecule has 1 aliphatic heterocycles. The van der Waals surface area contributed by atoms with Crippen molar-refractivity contribution in [1.82, 2.24) is 9.62 Å². The molecule has 2 rings (SSSR count). The Balaban J connectivity index is 0.00000338. The summed E-state index contributed by atoms with van der Waals surface area (Å²) in [7, 11) is -3.07. The van der Waals surface area contributed by atoms with Crippen molar-refractivity contribution in [2.24, 2.45) is 5.92 Å². The van der Waals surface area contributed by atoms with Gasteiger partial charge in [0, 0.05) is 18.5 Å². The fraction of sp³-hybridized carbons (Fsp3) is 0.632. The maximum Gasteiger partial charge on any atom is 0.208 e. The van der Waals surface area contributed by atoms with E-state index in [2.05, 4.69) is 9.62 Å². The van der Waals surface area contributed by atoms with E-state index in [1.807, 2.05) is 30.3 Å². The molecule has 7 heteroatoms. The van der Waals surface area contributed by atoms with E-state index in [1.54, 1.807) is 0 Å². The van der Waals surface area contributed by atoms with Crippen molar-refractivity contribution in [1.29, 1.82) is 0 Å². The number of unbranched alkanes of at least 4 members (excludes halogenated alkanes) is 1. The molecular weight excluding hydrogens is 372 g/mol. The summed E-state index contributed by atoms with van der Waals surface area (Å²) >= 11 is 0. The Morgan fingerprint density at radius 2 is 1.81 bits per heavy atom. The van der Waals surface area contributed by atoms with Gasteiger partial charge in [0.15, 0.2) is 5.78 Å². The summed E-state index contributed by atoms with van der Waals surface area (Å²) in [5.41, 5.74) is 0.811. The van der Waals surface area contributed by atoms with E-state index >= 15 is 0 Å². The number of carbonyl (C=O) groups is 1. The van der Waals surface area contributed by atoms with Crippen molar-refractivity contribution >= 4 is 28.2 Å². The first-order valence-corrected chi connectivity index (χ1v) is 11.1. The van der Waals surface area contributed by atoms with E-state index in [0.717, 1.165) is 57.3 Å². The summed E-state index contributed by atoms with van der Waals surface area (Å²) in [5.74, 6) is 0.850. The molecule has 1 saturated heterocycles. The van der Waals surface area contributed by atoms with Gasteiger partial charge in [-0.1, -0.05) is 30.3 Å². The molecule has 0 radical (unpaired) electrons.